The van der Waals surface area contributed by atoms with Crippen LogP contribution in [0.5, 0.6) is 0 Å². The Hall–Kier alpha value is -1.55. The first-order valence-electron chi connectivity index (χ1n) is 5.02. The molecule has 0 aliphatic rings. The minimum atomic E-state index is -0.101. The molecule has 5 heteroatoms. The first kappa shape index (κ1) is 11.0. The Morgan fingerprint density at radius 2 is 2.31 bits per heavy atom. The van der Waals surface area contributed by atoms with Gasteiger partial charge in [-0.05, 0) is 25.1 Å². The number of halogens is 1. The van der Waals surface area contributed by atoms with Gasteiger partial charge in [0.2, 0.25) is 0 Å². The average molecular weight is 238 g/mol. The monoisotopic (exact) mass is 237 g/mol. The van der Waals surface area contributed by atoms with Crippen LogP contribution in [-0.4, -0.2) is 34.6 Å². The number of hydrogen-bond donors (Lipinski definition) is 1. The van der Waals surface area contributed by atoms with Crippen molar-refractivity contribution in [1.29, 1.82) is 0 Å². The fourth-order valence-electron chi connectivity index (χ4n) is 1.47. The van der Waals surface area contributed by atoms with Gasteiger partial charge in [-0.2, -0.15) is 5.10 Å². The number of carbonyl (C=O) groups is 1. The molecule has 0 spiro atoms. The van der Waals surface area contributed by atoms with Crippen LogP contribution in [0.3, 0.4) is 0 Å². The molecule has 0 saturated heterocycles. The van der Waals surface area contributed by atoms with Gasteiger partial charge >= 0.3 is 0 Å². The van der Waals surface area contributed by atoms with Gasteiger partial charge in [0.25, 0.3) is 5.91 Å². The van der Waals surface area contributed by atoms with E-state index in [1.807, 2.05) is 13.0 Å². The highest BCUT2D eigenvalue weighted by atomic mass is 35.5. The van der Waals surface area contributed by atoms with Crippen molar-refractivity contribution in [3.8, 4) is 0 Å². The molecule has 0 radical (unpaired) electrons. The first-order chi connectivity index (χ1) is 7.63. The van der Waals surface area contributed by atoms with Gasteiger partial charge in [0.15, 0.2) is 5.69 Å². The highest BCUT2D eigenvalue weighted by Gasteiger charge is 2.17. The van der Waals surface area contributed by atoms with Gasteiger partial charge < -0.3 is 4.90 Å². The molecule has 0 aliphatic carbocycles. The minimum absolute atomic E-state index is 0.101. The summed E-state index contributed by atoms with van der Waals surface area (Å²) < 4.78 is 0. The third-order valence-corrected chi connectivity index (χ3v) is 2.78. The van der Waals surface area contributed by atoms with E-state index in [1.165, 1.54) is 0 Å². The summed E-state index contributed by atoms with van der Waals surface area (Å²) in [6.45, 7) is 2.56. The van der Waals surface area contributed by atoms with E-state index in [0.29, 0.717) is 17.3 Å². The lowest BCUT2D eigenvalue weighted by Crippen LogP contribution is -2.26. The zero-order chi connectivity index (χ0) is 11.7. The maximum Gasteiger partial charge on any atom is 0.274 e. The predicted molar refractivity (Wildman–Crippen MR) is 63.7 cm³/mol. The lowest BCUT2D eigenvalue weighted by molar-refractivity contribution is 0.0798. The molecule has 1 amide bonds. The molecule has 1 N–H and O–H groups in total. The van der Waals surface area contributed by atoms with E-state index in [2.05, 4.69) is 10.2 Å². The molecule has 84 valence electrons. The Labute approximate surface area is 98.2 Å². The fourth-order valence-corrected chi connectivity index (χ4v) is 1.65. The molecule has 1 aromatic heterocycles. The zero-order valence-corrected chi connectivity index (χ0v) is 9.88. The lowest BCUT2D eigenvalue weighted by Gasteiger charge is -2.12. The molecule has 4 nitrogen and oxygen atoms in total. The van der Waals surface area contributed by atoms with Crippen LogP contribution in [0.15, 0.2) is 18.2 Å². The van der Waals surface area contributed by atoms with Gasteiger partial charge in [-0.1, -0.05) is 11.6 Å². The van der Waals surface area contributed by atoms with Gasteiger partial charge in [0, 0.05) is 24.0 Å². The molecule has 1 heterocycles. The first-order valence-corrected chi connectivity index (χ1v) is 5.40. The fraction of sp³-hybridized carbons (Fsp3) is 0.273. The van der Waals surface area contributed by atoms with Crippen molar-refractivity contribution >= 4 is 28.4 Å². The number of nitrogens with zero attached hydrogens (tertiary/aromatic N) is 2. The number of amides is 1. The van der Waals surface area contributed by atoms with Crippen LogP contribution in [0.4, 0.5) is 0 Å². The second kappa shape index (κ2) is 4.14. The van der Waals surface area contributed by atoms with Gasteiger partial charge in [-0.25, -0.2) is 0 Å². The SMILES string of the molecule is CCN(C)C(=O)c1n[nH]c2ccc(Cl)cc12. The average Bonchev–Trinajstić information content (AvgIpc) is 2.69. The third kappa shape index (κ3) is 1.76. The quantitative estimate of drug-likeness (QED) is 0.871. The van der Waals surface area contributed by atoms with E-state index in [-0.39, 0.29) is 5.91 Å². The number of nitrogens with one attached hydrogen (secondary N) is 1. The Morgan fingerprint density at radius 3 is 3.00 bits per heavy atom. The number of benzene rings is 1. The van der Waals surface area contributed by atoms with Gasteiger partial charge in [-0.15, -0.1) is 0 Å². The Bertz CT molecular complexity index is 535. The van der Waals surface area contributed by atoms with Crippen molar-refractivity contribution in [2.45, 2.75) is 6.92 Å². The smallest absolute Gasteiger partial charge is 0.274 e. The summed E-state index contributed by atoms with van der Waals surface area (Å²) >= 11 is 5.90. The highest BCUT2D eigenvalue weighted by Crippen LogP contribution is 2.21. The van der Waals surface area contributed by atoms with E-state index in [0.717, 1.165) is 10.9 Å². The number of rotatable bonds is 2. The number of H-pyrrole nitrogens is 1. The summed E-state index contributed by atoms with van der Waals surface area (Å²) in [5.74, 6) is -0.101. The van der Waals surface area contributed by atoms with Crippen molar-refractivity contribution in [3.05, 3.63) is 28.9 Å². The molecule has 2 aromatic rings. The van der Waals surface area contributed by atoms with Crippen LogP contribution in [0.25, 0.3) is 10.9 Å². The molecule has 16 heavy (non-hydrogen) atoms. The summed E-state index contributed by atoms with van der Waals surface area (Å²) in [7, 11) is 1.74. The summed E-state index contributed by atoms with van der Waals surface area (Å²) in [6, 6.07) is 5.32. The van der Waals surface area contributed by atoms with Crippen LogP contribution in [0.1, 0.15) is 17.4 Å². The van der Waals surface area contributed by atoms with Crippen LogP contribution in [0.2, 0.25) is 5.02 Å². The van der Waals surface area contributed by atoms with Crippen molar-refractivity contribution in [1.82, 2.24) is 15.1 Å². The molecule has 0 aliphatic heterocycles. The van der Waals surface area contributed by atoms with Crippen LogP contribution in [0, 0.1) is 0 Å². The van der Waals surface area contributed by atoms with Gasteiger partial charge in [0.1, 0.15) is 0 Å². The van der Waals surface area contributed by atoms with E-state index in [4.69, 9.17) is 11.6 Å². The molecule has 0 unspecified atom stereocenters. The van der Waals surface area contributed by atoms with Gasteiger partial charge in [0.05, 0.1) is 5.52 Å². The molecule has 2 rings (SSSR count). The van der Waals surface area contributed by atoms with Crippen molar-refractivity contribution < 1.29 is 4.79 Å². The number of aromatic amines is 1. The van der Waals surface area contributed by atoms with Crippen LogP contribution >= 0.6 is 11.6 Å². The molecule has 0 fully saturated rings. The molecule has 0 saturated carbocycles. The van der Waals surface area contributed by atoms with Crippen molar-refractivity contribution in [3.63, 3.8) is 0 Å². The largest absolute Gasteiger partial charge is 0.341 e. The second-order valence-corrected chi connectivity index (χ2v) is 4.02. The summed E-state index contributed by atoms with van der Waals surface area (Å²) in [5.41, 5.74) is 1.24. The maximum absolute atomic E-state index is 12.0. The topological polar surface area (TPSA) is 49.0 Å². The molecular formula is C11H12ClN3O. The summed E-state index contributed by atoms with van der Waals surface area (Å²) in [6.07, 6.45) is 0. The van der Waals surface area contributed by atoms with Gasteiger partial charge in [-0.3, -0.25) is 9.89 Å². The van der Waals surface area contributed by atoms with E-state index in [9.17, 15) is 4.79 Å². The maximum atomic E-state index is 12.0. The summed E-state index contributed by atoms with van der Waals surface area (Å²) in [5, 5.41) is 8.21. The van der Waals surface area contributed by atoms with Crippen molar-refractivity contribution in [2.24, 2.45) is 0 Å². The van der Waals surface area contributed by atoms with E-state index >= 15 is 0 Å². The highest BCUT2D eigenvalue weighted by molar-refractivity contribution is 6.31. The normalized spacial score (nSPS) is 10.7. The predicted octanol–water partition coefficient (Wildman–Crippen LogP) is 2.31. The number of hydrogen-bond acceptors (Lipinski definition) is 2. The number of aromatic nitrogens is 2. The number of carbonyl (C=O) groups excluding carboxylic acids is 1. The van der Waals surface area contributed by atoms with Crippen LogP contribution < -0.4 is 0 Å². The zero-order valence-electron chi connectivity index (χ0n) is 9.12. The number of fused-ring (bicyclic) bond motifs is 1. The molecular weight excluding hydrogens is 226 g/mol. The summed E-state index contributed by atoms with van der Waals surface area (Å²) in [4.78, 5) is 13.6. The Balaban J connectivity index is 2.53. The molecule has 0 atom stereocenters. The molecule has 1 aromatic carbocycles. The van der Waals surface area contributed by atoms with Crippen LogP contribution in [-0.2, 0) is 0 Å². The van der Waals surface area contributed by atoms with Crippen molar-refractivity contribution in [2.75, 3.05) is 13.6 Å². The third-order valence-electron chi connectivity index (χ3n) is 2.55. The van der Waals surface area contributed by atoms with E-state index in [1.54, 1.807) is 24.1 Å². The standard InChI is InChI=1S/C11H12ClN3O/c1-3-15(2)11(16)10-8-6-7(12)4-5-9(8)13-14-10/h4-6H,3H2,1-2H3,(H,13,14). The Morgan fingerprint density at radius 1 is 1.56 bits per heavy atom. The molecule has 0 bridgehead atoms. The Kier molecular flexibility index (Phi) is 2.83. The minimum Gasteiger partial charge on any atom is -0.341 e. The van der Waals surface area contributed by atoms with E-state index < -0.39 is 0 Å². The lowest BCUT2D eigenvalue weighted by atomic mass is 10.2. The second-order valence-electron chi connectivity index (χ2n) is 3.58.